The van der Waals surface area contributed by atoms with Crippen LogP contribution in [0.25, 0.3) is 0 Å². The average Bonchev–Trinajstić information content (AvgIpc) is 3.28. The lowest BCUT2D eigenvalue weighted by molar-refractivity contribution is 0.259. The van der Waals surface area contributed by atoms with E-state index in [1.165, 1.54) is 12.8 Å². The van der Waals surface area contributed by atoms with Crippen LogP contribution in [0.1, 0.15) is 18.4 Å². The van der Waals surface area contributed by atoms with Crippen LogP contribution in [0.15, 0.2) is 29.3 Å². The van der Waals surface area contributed by atoms with Gasteiger partial charge in [-0.1, -0.05) is 18.2 Å². The molecule has 0 atom stereocenters. The Balaban J connectivity index is 1.86. The molecule has 0 saturated heterocycles. The Hall–Kier alpha value is -1.75. The second-order valence-corrected chi connectivity index (χ2v) is 5.60. The van der Waals surface area contributed by atoms with Crippen LogP contribution >= 0.6 is 0 Å². The number of nitrogens with one attached hydrogen (secondary N) is 2. The van der Waals surface area contributed by atoms with Gasteiger partial charge in [-0.05, 0) is 33.0 Å². The molecule has 0 radical (unpaired) electrons. The summed E-state index contributed by atoms with van der Waals surface area (Å²) in [5.41, 5.74) is 1.15. The Labute approximate surface area is 127 Å². The fraction of sp³-hybridized carbons (Fsp3) is 0.562. The van der Waals surface area contributed by atoms with Gasteiger partial charge in [0.1, 0.15) is 12.4 Å². The number of guanidine groups is 1. The van der Waals surface area contributed by atoms with Crippen LogP contribution < -0.4 is 15.4 Å². The molecule has 2 rings (SSSR count). The van der Waals surface area contributed by atoms with Crippen LogP contribution in [0.5, 0.6) is 5.75 Å². The van der Waals surface area contributed by atoms with Crippen molar-refractivity contribution in [1.82, 2.24) is 15.5 Å². The van der Waals surface area contributed by atoms with E-state index < -0.39 is 0 Å². The molecule has 116 valence electrons. The molecule has 1 aromatic carbocycles. The second-order valence-electron chi connectivity index (χ2n) is 5.60. The Morgan fingerprint density at radius 2 is 2.10 bits per heavy atom. The largest absolute Gasteiger partial charge is 0.492 e. The maximum absolute atomic E-state index is 5.87. The number of likely N-dealkylation sites (N-methyl/N-ethyl adjacent to an activating group) is 1. The van der Waals surface area contributed by atoms with Gasteiger partial charge in [-0.25, -0.2) is 0 Å². The van der Waals surface area contributed by atoms with E-state index in [9.17, 15) is 0 Å². The van der Waals surface area contributed by atoms with E-state index >= 15 is 0 Å². The van der Waals surface area contributed by atoms with Crippen LogP contribution in [0.3, 0.4) is 0 Å². The Morgan fingerprint density at radius 1 is 1.33 bits per heavy atom. The lowest BCUT2D eigenvalue weighted by atomic mass is 10.2. The van der Waals surface area contributed by atoms with Gasteiger partial charge in [0.25, 0.3) is 0 Å². The quantitative estimate of drug-likeness (QED) is 0.589. The topological polar surface area (TPSA) is 48.9 Å². The fourth-order valence-electron chi connectivity index (χ4n) is 1.92. The van der Waals surface area contributed by atoms with Crippen LogP contribution in [-0.4, -0.2) is 51.2 Å². The molecule has 0 aliphatic heterocycles. The molecule has 0 bridgehead atoms. The zero-order valence-electron chi connectivity index (χ0n) is 13.2. The Morgan fingerprint density at radius 3 is 2.76 bits per heavy atom. The molecule has 0 amide bonds. The van der Waals surface area contributed by atoms with Crippen LogP contribution in [0, 0.1) is 0 Å². The molecule has 0 unspecified atom stereocenters. The molecule has 1 saturated carbocycles. The molecular weight excluding hydrogens is 264 g/mol. The number of aliphatic imine (C=N–C) groups is 1. The van der Waals surface area contributed by atoms with Gasteiger partial charge in [0, 0.05) is 31.7 Å². The average molecular weight is 290 g/mol. The van der Waals surface area contributed by atoms with Crippen molar-refractivity contribution in [1.29, 1.82) is 0 Å². The van der Waals surface area contributed by atoms with Crippen molar-refractivity contribution in [2.24, 2.45) is 4.99 Å². The van der Waals surface area contributed by atoms with Crippen LogP contribution in [-0.2, 0) is 6.54 Å². The van der Waals surface area contributed by atoms with Gasteiger partial charge in [-0.3, -0.25) is 4.99 Å². The smallest absolute Gasteiger partial charge is 0.191 e. The molecule has 2 N–H and O–H groups in total. The molecule has 21 heavy (non-hydrogen) atoms. The van der Waals surface area contributed by atoms with E-state index in [4.69, 9.17) is 4.74 Å². The maximum Gasteiger partial charge on any atom is 0.191 e. The highest BCUT2D eigenvalue weighted by atomic mass is 16.5. The summed E-state index contributed by atoms with van der Waals surface area (Å²) < 4.78 is 5.87. The number of rotatable bonds is 7. The van der Waals surface area contributed by atoms with Crippen LogP contribution in [0.2, 0.25) is 0 Å². The molecule has 1 aliphatic carbocycles. The van der Waals surface area contributed by atoms with Gasteiger partial charge in [0.15, 0.2) is 5.96 Å². The van der Waals surface area contributed by atoms with Gasteiger partial charge < -0.3 is 20.3 Å². The zero-order chi connectivity index (χ0) is 15.1. The summed E-state index contributed by atoms with van der Waals surface area (Å²) in [5.74, 6) is 1.80. The van der Waals surface area contributed by atoms with Gasteiger partial charge >= 0.3 is 0 Å². The fourth-order valence-corrected chi connectivity index (χ4v) is 1.92. The number of nitrogens with zero attached hydrogens (tertiary/aromatic N) is 2. The van der Waals surface area contributed by atoms with Crippen LogP contribution in [0.4, 0.5) is 0 Å². The summed E-state index contributed by atoms with van der Waals surface area (Å²) in [7, 11) is 5.89. The molecule has 1 fully saturated rings. The van der Waals surface area contributed by atoms with Crippen molar-refractivity contribution < 1.29 is 4.74 Å². The van der Waals surface area contributed by atoms with E-state index in [2.05, 4.69) is 26.6 Å². The summed E-state index contributed by atoms with van der Waals surface area (Å²) in [6.07, 6.45) is 2.48. The first-order chi connectivity index (χ1) is 10.2. The second kappa shape index (κ2) is 7.88. The number of hydrogen-bond acceptors (Lipinski definition) is 3. The van der Waals surface area contributed by atoms with E-state index in [1.54, 1.807) is 7.05 Å². The molecule has 5 heteroatoms. The molecular formula is C16H26N4O. The molecule has 0 spiro atoms. The molecule has 0 aromatic heterocycles. The van der Waals surface area contributed by atoms with E-state index in [1.807, 2.05) is 32.3 Å². The van der Waals surface area contributed by atoms with Crippen molar-refractivity contribution in [3.63, 3.8) is 0 Å². The number of hydrogen-bond donors (Lipinski definition) is 2. The normalized spacial score (nSPS) is 15.1. The van der Waals surface area contributed by atoms with Gasteiger partial charge in [-0.15, -0.1) is 0 Å². The zero-order valence-corrected chi connectivity index (χ0v) is 13.2. The first-order valence-corrected chi connectivity index (χ1v) is 7.51. The monoisotopic (exact) mass is 290 g/mol. The van der Waals surface area contributed by atoms with E-state index in [0.717, 1.165) is 23.8 Å². The number of para-hydroxylation sites is 1. The first kappa shape index (κ1) is 15.6. The van der Waals surface area contributed by atoms with Gasteiger partial charge in [-0.2, -0.15) is 0 Å². The predicted octanol–water partition coefficient (Wildman–Crippen LogP) is 1.45. The van der Waals surface area contributed by atoms with Crippen molar-refractivity contribution in [3.8, 4) is 5.75 Å². The highest BCUT2D eigenvalue weighted by molar-refractivity contribution is 5.80. The highest BCUT2D eigenvalue weighted by Crippen LogP contribution is 2.19. The lowest BCUT2D eigenvalue weighted by Crippen LogP contribution is -2.38. The Bertz CT molecular complexity index is 469. The third-order valence-electron chi connectivity index (χ3n) is 3.36. The SMILES string of the molecule is CN=C(NCc1ccccc1OCCN(C)C)NC1CC1. The third-order valence-corrected chi connectivity index (χ3v) is 3.36. The molecule has 1 aliphatic rings. The summed E-state index contributed by atoms with van der Waals surface area (Å²) in [4.78, 5) is 6.36. The minimum Gasteiger partial charge on any atom is -0.492 e. The maximum atomic E-state index is 5.87. The number of benzene rings is 1. The van der Waals surface area contributed by atoms with Crippen molar-refractivity contribution in [3.05, 3.63) is 29.8 Å². The lowest BCUT2D eigenvalue weighted by Gasteiger charge is -2.15. The minimum absolute atomic E-state index is 0.600. The molecule has 0 heterocycles. The van der Waals surface area contributed by atoms with Gasteiger partial charge in [0.2, 0.25) is 0 Å². The summed E-state index contributed by atoms with van der Waals surface area (Å²) >= 11 is 0. The Kier molecular flexibility index (Phi) is 5.87. The predicted molar refractivity (Wildman–Crippen MR) is 86.8 cm³/mol. The van der Waals surface area contributed by atoms with E-state index in [-0.39, 0.29) is 0 Å². The molecule has 5 nitrogen and oxygen atoms in total. The number of ether oxygens (including phenoxy) is 1. The summed E-state index contributed by atoms with van der Waals surface area (Å²) in [5, 5.41) is 6.72. The van der Waals surface area contributed by atoms with Gasteiger partial charge in [0.05, 0.1) is 0 Å². The third kappa shape index (κ3) is 5.63. The summed E-state index contributed by atoms with van der Waals surface area (Å²) in [6.45, 7) is 2.32. The summed E-state index contributed by atoms with van der Waals surface area (Å²) in [6, 6.07) is 8.74. The van der Waals surface area contributed by atoms with Crippen molar-refractivity contribution in [2.75, 3.05) is 34.3 Å². The van der Waals surface area contributed by atoms with Crippen molar-refractivity contribution >= 4 is 5.96 Å². The standard InChI is InChI=1S/C16H26N4O/c1-17-16(19-14-8-9-14)18-12-13-6-4-5-7-15(13)21-11-10-20(2)3/h4-7,14H,8-12H2,1-3H3,(H2,17,18,19). The highest BCUT2D eigenvalue weighted by Gasteiger charge is 2.22. The molecule has 1 aromatic rings. The van der Waals surface area contributed by atoms with E-state index in [0.29, 0.717) is 19.2 Å². The first-order valence-electron chi connectivity index (χ1n) is 7.51. The minimum atomic E-state index is 0.600. The van der Waals surface area contributed by atoms with Crippen molar-refractivity contribution in [2.45, 2.75) is 25.4 Å².